The Morgan fingerprint density at radius 1 is 1.09 bits per heavy atom. The van der Waals surface area contributed by atoms with Gasteiger partial charge in [-0.1, -0.05) is 23.7 Å². The summed E-state index contributed by atoms with van der Waals surface area (Å²) in [6.07, 6.45) is 0.782. The van der Waals surface area contributed by atoms with E-state index in [0.717, 1.165) is 34.8 Å². The highest BCUT2D eigenvalue weighted by Crippen LogP contribution is 2.22. The molecule has 0 radical (unpaired) electrons. The lowest BCUT2D eigenvalue weighted by molar-refractivity contribution is 0.690. The summed E-state index contributed by atoms with van der Waals surface area (Å²) < 4.78 is 2.23. The summed E-state index contributed by atoms with van der Waals surface area (Å²) in [6.45, 7) is 5.64. The largest absolute Gasteiger partial charge is 0.329 e. The number of fused-ring (bicyclic) bond motifs is 1. The van der Waals surface area contributed by atoms with E-state index in [2.05, 4.69) is 30.5 Å². The van der Waals surface area contributed by atoms with Crippen molar-refractivity contribution in [3.05, 3.63) is 63.9 Å². The number of hydrogen-bond acceptors (Lipinski definition) is 2. The fourth-order valence-electron chi connectivity index (χ4n) is 2.73. The van der Waals surface area contributed by atoms with Crippen LogP contribution in [0.5, 0.6) is 0 Å². The van der Waals surface area contributed by atoms with E-state index in [0.29, 0.717) is 6.54 Å². The molecule has 1 aromatic heterocycles. The Balaban J connectivity index is 2.07. The van der Waals surface area contributed by atoms with Gasteiger partial charge in [0.25, 0.3) is 0 Å². The van der Waals surface area contributed by atoms with Gasteiger partial charge >= 0.3 is 0 Å². The van der Waals surface area contributed by atoms with E-state index >= 15 is 0 Å². The van der Waals surface area contributed by atoms with E-state index < -0.39 is 0 Å². The summed E-state index contributed by atoms with van der Waals surface area (Å²) in [5.41, 5.74) is 11.7. The molecule has 22 heavy (non-hydrogen) atoms. The predicted molar refractivity (Wildman–Crippen MR) is 92.5 cm³/mol. The Bertz CT molecular complexity index is 803. The summed E-state index contributed by atoms with van der Waals surface area (Å²) in [4.78, 5) is 4.83. The monoisotopic (exact) mass is 313 g/mol. The maximum Gasteiger partial charge on any atom is 0.114 e. The minimum atomic E-state index is 0.603. The number of aryl methyl sites for hydroxylation is 2. The number of aromatic nitrogens is 2. The zero-order valence-electron chi connectivity index (χ0n) is 12.9. The molecule has 0 aliphatic carbocycles. The molecular formula is C18H20ClN3. The van der Waals surface area contributed by atoms with Crippen LogP contribution in [0.3, 0.4) is 0 Å². The van der Waals surface area contributed by atoms with Crippen LogP contribution in [0.4, 0.5) is 0 Å². The highest BCUT2D eigenvalue weighted by Gasteiger charge is 2.12. The molecule has 0 aliphatic rings. The average Bonchev–Trinajstić information content (AvgIpc) is 2.80. The number of nitrogens with two attached hydrogens (primary N) is 1. The van der Waals surface area contributed by atoms with Crippen molar-refractivity contribution >= 4 is 22.6 Å². The number of nitrogens with zero attached hydrogens (tertiary/aromatic N) is 2. The van der Waals surface area contributed by atoms with Gasteiger partial charge < -0.3 is 10.3 Å². The predicted octanol–water partition coefficient (Wildman–Crippen LogP) is 3.86. The van der Waals surface area contributed by atoms with Gasteiger partial charge in [0.15, 0.2) is 0 Å². The van der Waals surface area contributed by atoms with Crippen LogP contribution in [0.25, 0.3) is 11.0 Å². The van der Waals surface area contributed by atoms with Crippen LogP contribution in [0, 0.1) is 13.8 Å². The second-order valence-electron chi connectivity index (χ2n) is 5.70. The normalized spacial score (nSPS) is 11.3. The quantitative estimate of drug-likeness (QED) is 0.795. The first-order valence-corrected chi connectivity index (χ1v) is 7.87. The van der Waals surface area contributed by atoms with E-state index in [1.165, 1.54) is 16.7 Å². The van der Waals surface area contributed by atoms with E-state index in [-0.39, 0.29) is 0 Å². The average molecular weight is 314 g/mol. The van der Waals surface area contributed by atoms with Crippen molar-refractivity contribution in [2.24, 2.45) is 5.73 Å². The third kappa shape index (κ3) is 2.87. The molecule has 0 amide bonds. The molecule has 0 saturated carbocycles. The minimum absolute atomic E-state index is 0.603. The Kier molecular flexibility index (Phi) is 4.19. The highest BCUT2D eigenvalue weighted by atomic mass is 35.5. The van der Waals surface area contributed by atoms with Gasteiger partial charge in [-0.15, -0.1) is 0 Å². The summed E-state index contributed by atoms with van der Waals surface area (Å²) in [5.74, 6) is 1.05. The fraction of sp³-hybridized carbons (Fsp3) is 0.278. The van der Waals surface area contributed by atoms with Gasteiger partial charge in [0.1, 0.15) is 5.82 Å². The van der Waals surface area contributed by atoms with Gasteiger partial charge in [-0.25, -0.2) is 4.98 Å². The summed E-state index contributed by atoms with van der Waals surface area (Å²) >= 11 is 5.96. The van der Waals surface area contributed by atoms with Crippen LogP contribution in [0.2, 0.25) is 5.02 Å². The Morgan fingerprint density at radius 2 is 1.77 bits per heavy atom. The summed E-state index contributed by atoms with van der Waals surface area (Å²) in [7, 11) is 0. The first-order chi connectivity index (χ1) is 10.6. The second kappa shape index (κ2) is 6.11. The summed E-state index contributed by atoms with van der Waals surface area (Å²) in [5, 5.41) is 0.755. The number of halogens is 1. The number of benzene rings is 2. The smallest absolute Gasteiger partial charge is 0.114 e. The lowest BCUT2D eigenvalue weighted by Gasteiger charge is -2.08. The topological polar surface area (TPSA) is 43.8 Å². The Labute approximate surface area is 135 Å². The van der Waals surface area contributed by atoms with E-state index in [4.69, 9.17) is 22.3 Å². The molecule has 114 valence electrons. The second-order valence-corrected chi connectivity index (χ2v) is 6.13. The van der Waals surface area contributed by atoms with Crippen LogP contribution in [-0.2, 0) is 13.0 Å². The van der Waals surface area contributed by atoms with Crippen molar-refractivity contribution in [2.75, 3.05) is 6.54 Å². The fourth-order valence-corrected chi connectivity index (χ4v) is 2.85. The van der Waals surface area contributed by atoms with Crippen molar-refractivity contribution in [3.8, 4) is 0 Å². The van der Waals surface area contributed by atoms with Crippen LogP contribution in [0.15, 0.2) is 36.4 Å². The molecule has 1 heterocycles. The van der Waals surface area contributed by atoms with Crippen molar-refractivity contribution < 1.29 is 0 Å². The summed E-state index contributed by atoms with van der Waals surface area (Å²) in [6, 6.07) is 12.3. The molecule has 0 spiro atoms. The van der Waals surface area contributed by atoms with Crippen molar-refractivity contribution in [3.63, 3.8) is 0 Å². The molecule has 4 heteroatoms. The van der Waals surface area contributed by atoms with Gasteiger partial charge in [-0.3, -0.25) is 0 Å². The third-order valence-corrected chi connectivity index (χ3v) is 4.32. The van der Waals surface area contributed by atoms with Crippen molar-refractivity contribution in [2.45, 2.75) is 26.8 Å². The van der Waals surface area contributed by atoms with Gasteiger partial charge in [0.05, 0.1) is 11.0 Å². The van der Waals surface area contributed by atoms with Gasteiger partial charge in [0, 0.05) is 24.5 Å². The first kappa shape index (κ1) is 15.1. The molecule has 3 aromatic rings. The van der Waals surface area contributed by atoms with Crippen LogP contribution in [-0.4, -0.2) is 16.1 Å². The van der Waals surface area contributed by atoms with Gasteiger partial charge in [-0.2, -0.15) is 0 Å². The van der Waals surface area contributed by atoms with Crippen LogP contribution in [0.1, 0.15) is 22.5 Å². The molecule has 2 N–H and O–H groups in total. The SMILES string of the molecule is Cc1cc2nc(Cc3ccc(Cl)cc3)n(CCN)c2cc1C. The van der Waals surface area contributed by atoms with Crippen molar-refractivity contribution in [1.82, 2.24) is 9.55 Å². The molecule has 0 aliphatic heterocycles. The molecule has 0 atom stereocenters. The van der Waals surface area contributed by atoms with E-state index in [9.17, 15) is 0 Å². The maximum absolute atomic E-state index is 5.96. The number of rotatable bonds is 4. The molecule has 2 aromatic carbocycles. The van der Waals surface area contributed by atoms with Crippen LogP contribution >= 0.6 is 11.6 Å². The zero-order chi connectivity index (χ0) is 15.7. The standard InChI is InChI=1S/C18H20ClN3/c1-12-9-16-17(10-13(12)2)22(8-7-20)18(21-16)11-14-3-5-15(19)6-4-14/h3-6,9-10H,7-8,11,20H2,1-2H3. The highest BCUT2D eigenvalue weighted by molar-refractivity contribution is 6.30. The van der Waals surface area contributed by atoms with Crippen molar-refractivity contribution in [1.29, 1.82) is 0 Å². The third-order valence-electron chi connectivity index (χ3n) is 4.07. The van der Waals surface area contributed by atoms with Crippen LogP contribution < -0.4 is 5.73 Å². The molecule has 3 rings (SSSR count). The Morgan fingerprint density at radius 3 is 2.45 bits per heavy atom. The minimum Gasteiger partial charge on any atom is -0.329 e. The van der Waals surface area contributed by atoms with E-state index in [1.807, 2.05) is 24.3 Å². The molecule has 0 unspecified atom stereocenters. The molecule has 0 saturated heterocycles. The van der Waals surface area contributed by atoms with Gasteiger partial charge in [0.2, 0.25) is 0 Å². The lowest BCUT2D eigenvalue weighted by Crippen LogP contribution is -2.13. The first-order valence-electron chi connectivity index (χ1n) is 7.49. The number of hydrogen-bond donors (Lipinski definition) is 1. The number of imidazole rings is 1. The molecular weight excluding hydrogens is 294 g/mol. The molecule has 0 bridgehead atoms. The lowest BCUT2D eigenvalue weighted by atomic mass is 10.1. The maximum atomic E-state index is 5.96. The molecule has 0 fully saturated rings. The Hall–Kier alpha value is -1.84. The molecule has 3 nitrogen and oxygen atoms in total. The van der Waals surface area contributed by atoms with Gasteiger partial charge in [-0.05, 0) is 54.8 Å². The zero-order valence-corrected chi connectivity index (χ0v) is 13.7. The van der Waals surface area contributed by atoms with E-state index in [1.54, 1.807) is 0 Å².